The molecule has 110 valence electrons. The van der Waals surface area contributed by atoms with Gasteiger partial charge < -0.3 is 5.32 Å². The molecule has 0 atom stereocenters. The minimum absolute atomic E-state index is 0.143. The molecule has 5 heteroatoms. The van der Waals surface area contributed by atoms with Crippen LogP contribution >= 0.6 is 0 Å². The number of amides is 1. The second-order valence-electron chi connectivity index (χ2n) is 5.05. The highest BCUT2D eigenvalue weighted by molar-refractivity contribution is 6.02. The topological polar surface area (TPSA) is 59.8 Å². The SMILES string of the molecule is Cc1cccc(NC(=O)c2ncn(-c3ccccc3)n2)c1C. The molecule has 0 aliphatic heterocycles. The molecule has 0 unspecified atom stereocenters. The van der Waals surface area contributed by atoms with Crippen LogP contribution in [-0.4, -0.2) is 20.7 Å². The summed E-state index contributed by atoms with van der Waals surface area (Å²) in [6.07, 6.45) is 1.54. The summed E-state index contributed by atoms with van der Waals surface area (Å²) >= 11 is 0. The molecule has 0 aliphatic rings. The average molecular weight is 292 g/mol. The fourth-order valence-electron chi connectivity index (χ4n) is 2.14. The highest BCUT2D eigenvalue weighted by Gasteiger charge is 2.13. The molecular formula is C17H16N4O. The van der Waals surface area contributed by atoms with Gasteiger partial charge in [0.15, 0.2) is 0 Å². The number of hydrogen-bond donors (Lipinski definition) is 1. The van der Waals surface area contributed by atoms with Gasteiger partial charge in [-0.25, -0.2) is 9.67 Å². The van der Waals surface area contributed by atoms with Crippen LogP contribution in [0.15, 0.2) is 54.9 Å². The first kappa shape index (κ1) is 14.0. The maximum atomic E-state index is 12.3. The Labute approximate surface area is 128 Å². The summed E-state index contributed by atoms with van der Waals surface area (Å²) in [7, 11) is 0. The Balaban J connectivity index is 1.82. The Bertz CT molecular complexity index is 809. The molecule has 3 rings (SSSR count). The number of nitrogens with one attached hydrogen (secondary N) is 1. The quantitative estimate of drug-likeness (QED) is 0.806. The van der Waals surface area contributed by atoms with Crippen LogP contribution in [-0.2, 0) is 0 Å². The second kappa shape index (κ2) is 5.81. The van der Waals surface area contributed by atoms with E-state index < -0.39 is 0 Å². The monoisotopic (exact) mass is 292 g/mol. The average Bonchev–Trinajstić information content (AvgIpc) is 3.03. The lowest BCUT2D eigenvalue weighted by molar-refractivity contribution is 0.101. The van der Waals surface area contributed by atoms with E-state index in [2.05, 4.69) is 15.4 Å². The maximum absolute atomic E-state index is 12.3. The van der Waals surface area contributed by atoms with Crippen molar-refractivity contribution < 1.29 is 4.79 Å². The smallest absolute Gasteiger partial charge is 0.295 e. The minimum Gasteiger partial charge on any atom is -0.319 e. The van der Waals surface area contributed by atoms with Gasteiger partial charge in [-0.05, 0) is 43.2 Å². The number of aromatic nitrogens is 3. The number of benzene rings is 2. The van der Waals surface area contributed by atoms with E-state index in [4.69, 9.17) is 0 Å². The predicted molar refractivity (Wildman–Crippen MR) is 85.2 cm³/mol. The van der Waals surface area contributed by atoms with Crippen molar-refractivity contribution in [2.45, 2.75) is 13.8 Å². The lowest BCUT2D eigenvalue weighted by Crippen LogP contribution is -2.15. The van der Waals surface area contributed by atoms with Crippen molar-refractivity contribution in [3.63, 3.8) is 0 Å². The standard InChI is InChI=1S/C17H16N4O/c1-12-7-6-10-15(13(12)2)19-17(22)16-18-11-21(20-16)14-8-4-3-5-9-14/h3-11H,1-2H3,(H,19,22). The molecule has 0 saturated carbocycles. The summed E-state index contributed by atoms with van der Waals surface area (Å²) in [6.45, 7) is 3.98. The van der Waals surface area contributed by atoms with Gasteiger partial charge in [-0.1, -0.05) is 30.3 Å². The molecule has 0 spiro atoms. The van der Waals surface area contributed by atoms with E-state index in [9.17, 15) is 4.79 Å². The third-order valence-corrected chi connectivity index (χ3v) is 3.57. The molecule has 1 aromatic heterocycles. The molecule has 2 aromatic carbocycles. The van der Waals surface area contributed by atoms with Crippen LogP contribution in [0.4, 0.5) is 5.69 Å². The van der Waals surface area contributed by atoms with Gasteiger partial charge in [-0.3, -0.25) is 4.79 Å². The number of carbonyl (C=O) groups excluding carboxylic acids is 1. The van der Waals surface area contributed by atoms with E-state index in [1.165, 1.54) is 6.33 Å². The van der Waals surface area contributed by atoms with E-state index in [-0.39, 0.29) is 11.7 Å². The molecule has 0 aliphatic carbocycles. The Hall–Kier alpha value is -2.95. The number of rotatable bonds is 3. The molecule has 1 heterocycles. The normalized spacial score (nSPS) is 10.5. The molecule has 0 fully saturated rings. The zero-order valence-corrected chi connectivity index (χ0v) is 12.4. The van der Waals surface area contributed by atoms with Gasteiger partial charge in [0.05, 0.1) is 5.69 Å². The lowest BCUT2D eigenvalue weighted by Gasteiger charge is -2.08. The van der Waals surface area contributed by atoms with Gasteiger partial charge in [0.25, 0.3) is 5.91 Å². The van der Waals surface area contributed by atoms with Gasteiger partial charge in [-0.2, -0.15) is 0 Å². The van der Waals surface area contributed by atoms with Crippen LogP contribution in [0.3, 0.4) is 0 Å². The molecule has 1 N–H and O–H groups in total. The fraction of sp³-hybridized carbons (Fsp3) is 0.118. The molecule has 0 radical (unpaired) electrons. The first-order valence-corrected chi connectivity index (χ1v) is 7.00. The van der Waals surface area contributed by atoms with Crippen molar-refractivity contribution in [1.82, 2.24) is 14.8 Å². The third kappa shape index (κ3) is 2.74. The number of carbonyl (C=O) groups is 1. The minimum atomic E-state index is -0.316. The van der Waals surface area contributed by atoms with Crippen LogP contribution in [0.2, 0.25) is 0 Å². The predicted octanol–water partition coefficient (Wildman–Crippen LogP) is 3.14. The molecule has 3 aromatic rings. The molecule has 5 nitrogen and oxygen atoms in total. The Morgan fingerprint density at radius 2 is 1.82 bits per heavy atom. The summed E-state index contributed by atoms with van der Waals surface area (Å²) < 4.78 is 1.58. The summed E-state index contributed by atoms with van der Waals surface area (Å²) in [6, 6.07) is 15.3. The van der Waals surface area contributed by atoms with Crippen molar-refractivity contribution in [3.05, 3.63) is 71.8 Å². The van der Waals surface area contributed by atoms with Gasteiger partial charge in [0, 0.05) is 5.69 Å². The Morgan fingerprint density at radius 3 is 2.59 bits per heavy atom. The van der Waals surface area contributed by atoms with Crippen LogP contribution in [0.1, 0.15) is 21.7 Å². The highest BCUT2D eigenvalue weighted by Crippen LogP contribution is 2.18. The summed E-state index contributed by atoms with van der Waals surface area (Å²) in [5.41, 5.74) is 3.81. The van der Waals surface area contributed by atoms with Crippen LogP contribution in [0.5, 0.6) is 0 Å². The molecule has 0 saturated heterocycles. The Kier molecular flexibility index (Phi) is 3.70. The van der Waals surface area contributed by atoms with Crippen LogP contribution in [0.25, 0.3) is 5.69 Å². The number of nitrogens with zero attached hydrogens (tertiary/aromatic N) is 3. The lowest BCUT2D eigenvalue weighted by atomic mass is 10.1. The van der Waals surface area contributed by atoms with Crippen molar-refractivity contribution in [2.24, 2.45) is 0 Å². The first-order chi connectivity index (χ1) is 10.6. The number of para-hydroxylation sites is 1. The zero-order chi connectivity index (χ0) is 15.5. The zero-order valence-electron chi connectivity index (χ0n) is 12.4. The van der Waals surface area contributed by atoms with Gasteiger partial charge in [0.2, 0.25) is 5.82 Å². The highest BCUT2D eigenvalue weighted by atomic mass is 16.2. The largest absolute Gasteiger partial charge is 0.319 e. The van der Waals surface area contributed by atoms with E-state index in [0.29, 0.717) is 0 Å². The van der Waals surface area contributed by atoms with Crippen molar-refractivity contribution >= 4 is 11.6 Å². The number of aryl methyl sites for hydroxylation is 1. The molecule has 22 heavy (non-hydrogen) atoms. The van der Waals surface area contributed by atoms with Gasteiger partial charge >= 0.3 is 0 Å². The van der Waals surface area contributed by atoms with Crippen LogP contribution < -0.4 is 5.32 Å². The first-order valence-electron chi connectivity index (χ1n) is 7.00. The Morgan fingerprint density at radius 1 is 1.05 bits per heavy atom. The van der Waals surface area contributed by atoms with Gasteiger partial charge in [0.1, 0.15) is 6.33 Å². The summed E-state index contributed by atoms with van der Waals surface area (Å²) in [4.78, 5) is 16.4. The van der Waals surface area contributed by atoms with E-state index in [1.807, 2.05) is 62.4 Å². The van der Waals surface area contributed by atoms with E-state index >= 15 is 0 Å². The van der Waals surface area contributed by atoms with E-state index in [1.54, 1.807) is 4.68 Å². The van der Waals surface area contributed by atoms with Gasteiger partial charge in [-0.15, -0.1) is 5.10 Å². The third-order valence-electron chi connectivity index (χ3n) is 3.57. The molecule has 0 bridgehead atoms. The van der Waals surface area contributed by atoms with Crippen molar-refractivity contribution in [3.8, 4) is 5.69 Å². The summed E-state index contributed by atoms with van der Waals surface area (Å²) in [5.74, 6) is -0.173. The molecule has 1 amide bonds. The summed E-state index contributed by atoms with van der Waals surface area (Å²) in [5, 5.41) is 7.08. The second-order valence-corrected chi connectivity index (χ2v) is 5.05. The number of anilines is 1. The van der Waals surface area contributed by atoms with Crippen molar-refractivity contribution in [1.29, 1.82) is 0 Å². The fourth-order valence-corrected chi connectivity index (χ4v) is 2.14. The van der Waals surface area contributed by atoms with Crippen molar-refractivity contribution in [2.75, 3.05) is 5.32 Å². The maximum Gasteiger partial charge on any atom is 0.295 e. The van der Waals surface area contributed by atoms with E-state index in [0.717, 1.165) is 22.5 Å². The van der Waals surface area contributed by atoms with Crippen LogP contribution in [0, 0.1) is 13.8 Å². The molecular weight excluding hydrogens is 276 g/mol. The number of hydrogen-bond acceptors (Lipinski definition) is 3.